The Morgan fingerprint density at radius 1 is 1.12 bits per heavy atom. The number of hydrogen-bond acceptors (Lipinski definition) is 5. The fraction of sp³-hybridized carbons (Fsp3) is 0.500. The lowest BCUT2D eigenvalue weighted by Gasteiger charge is -2.23. The summed E-state index contributed by atoms with van der Waals surface area (Å²) in [5, 5.41) is 15.2. The summed E-state index contributed by atoms with van der Waals surface area (Å²) in [6.45, 7) is 7.62. The van der Waals surface area contributed by atoms with Crippen LogP contribution in [0.3, 0.4) is 0 Å². The Bertz CT molecular complexity index is 1160. The number of aromatic hydroxyl groups is 1. The summed E-state index contributed by atoms with van der Waals surface area (Å²) in [5.41, 5.74) is 6.03. The second-order valence-electron chi connectivity index (χ2n) is 9.45. The van der Waals surface area contributed by atoms with E-state index in [9.17, 15) is 9.90 Å². The minimum Gasteiger partial charge on any atom is -0.508 e. The average Bonchev–Trinajstić information content (AvgIpc) is 3.55. The molecule has 1 aromatic carbocycles. The number of para-hydroxylation sites is 1. The minimum absolute atomic E-state index is 0.214. The fourth-order valence-corrected chi connectivity index (χ4v) is 5.44. The van der Waals surface area contributed by atoms with E-state index in [2.05, 4.69) is 17.9 Å². The maximum Gasteiger partial charge on any atom is 0.222 e. The van der Waals surface area contributed by atoms with E-state index in [1.165, 1.54) is 0 Å². The smallest absolute Gasteiger partial charge is 0.222 e. The lowest BCUT2D eigenvalue weighted by molar-refractivity contribution is -0.130. The van der Waals surface area contributed by atoms with Gasteiger partial charge in [0.1, 0.15) is 5.75 Å². The molecular weight excluding hydrogens is 414 g/mol. The highest BCUT2D eigenvalue weighted by atomic mass is 16.3. The van der Waals surface area contributed by atoms with Gasteiger partial charge < -0.3 is 10.0 Å². The molecule has 174 valence electrons. The average molecular weight is 448 g/mol. The third kappa shape index (κ3) is 4.34. The maximum atomic E-state index is 12.6. The van der Waals surface area contributed by atoms with Crippen molar-refractivity contribution >= 4 is 11.6 Å². The van der Waals surface area contributed by atoms with E-state index in [0.29, 0.717) is 25.1 Å². The number of carbonyl (C=O) groups is 1. The van der Waals surface area contributed by atoms with Gasteiger partial charge in [-0.25, -0.2) is 9.50 Å². The molecule has 2 saturated heterocycles. The molecule has 4 heterocycles. The minimum atomic E-state index is 0.214. The van der Waals surface area contributed by atoms with Crippen LogP contribution in [0, 0.1) is 13.8 Å². The summed E-state index contributed by atoms with van der Waals surface area (Å²) < 4.78 is 1.95. The molecule has 2 aliphatic rings. The molecule has 0 bridgehead atoms. The molecule has 2 aromatic heterocycles. The molecule has 0 radical (unpaired) electrons. The Hall–Kier alpha value is -2.93. The molecule has 1 amide bonds. The summed E-state index contributed by atoms with van der Waals surface area (Å²) in [7, 11) is 0. The Balaban J connectivity index is 1.37. The molecule has 2 fully saturated rings. The van der Waals surface area contributed by atoms with Crippen LogP contribution in [0.2, 0.25) is 0 Å². The number of phenols is 1. The number of fused-ring (bicyclic) bond motifs is 1. The van der Waals surface area contributed by atoms with E-state index in [0.717, 1.165) is 79.2 Å². The van der Waals surface area contributed by atoms with Crippen molar-refractivity contribution < 1.29 is 9.90 Å². The van der Waals surface area contributed by atoms with Crippen molar-refractivity contribution in [2.24, 2.45) is 0 Å². The van der Waals surface area contributed by atoms with Gasteiger partial charge in [0.15, 0.2) is 5.65 Å². The van der Waals surface area contributed by atoms with Crippen molar-refractivity contribution in [3.63, 3.8) is 0 Å². The predicted molar refractivity (Wildman–Crippen MR) is 127 cm³/mol. The largest absolute Gasteiger partial charge is 0.508 e. The number of carbonyl (C=O) groups excluding carboxylic acids is 1. The van der Waals surface area contributed by atoms with E-state index in [1.807, 2.05) is 34.5 Å². The summed E-state index contributed by atoms with van der Waals surface area (Å²) >= 11 is 0. The Morgan fingerprint density at radius 2 is 1.91 bits per heavy atom. The number of aryl methyl sites for hydroxylation is 2. The number of amides is 1. The zero-order valence-electron chi connectivity index (χ0n) is 19.6. The molecule has 3 aromatic rings. The van der Waals surface area contributed by atoms with Crippen LogP contribution in [0.1, 0.15) is 66.4 Å². The summed E-state index contributed by atoms with van der Waals surface area (Å²) in [6, 6.07) is 9.88. The van der Waals surface area contributed by atoms with Gasteiger partial charge in [-0.3, -0.25) is 9.69 Å². The first kappa shape index (κ1) is 21.9. The number of aromatic nitrogens is 3. The lowest BCUT2D eigenvalue weighted by Crippen LogP contribution is -2.28. The molecule has 0 aliphatic carbocycles. The molecule has 5 rings (SSSR count). The summed E-state index contributed by atoms with van der Waals surface area (Å²) in [6.07, 6.45) is 5.63. The van der Waals surface area contributed by atoms with Gasteiger partial charge in [0.2, 0.25) is 5.91 Å². The van der Waals surface area contributed by atoms with Crippen molar-refractivity contribution in [1.29, 1.82) is 0 Å². The van der Waals surface area contributed by atoms with Crippen LogP contribution < -0.4 is 0 Å². The number of likely N-dealkylation sites (tertiary alicyclic amines) is 2. The Morgan fingerprint density at radius 3 is 2.70 bits per heavy atom. The zero-order valence-corrected chi connectivity index (χ0v) is 19.6. The highest BCUT2D eigenvalue weighted by Crippen LogP contribution is 2.34. The monoisotopic (exact) mass is 447 g/mol. The number of nitrogens with zero attached hydrogens (tertiary/aromatic N) is 5. The first-order valence-electron chi connectivity index (χ1n) is 12.2. The molecule has 1 atom stereocenters. The molecule has 0 saturated carbocycles. The summed E-state index contributed by atoms with van der Waals surface area (Å²) in [5.74, 6) is 0.595. The van der Waals surface area contributed by atoms with Crippen LogP contribution >= 0.6 is 0 Å². The van der Waals surface area contributed by atoms with Crippen LogP contribution in [0.25, 0.3) is 5.65 Å². The first-order valence-corrected chi connectivity index (χ1v) is 12.2. The standard InChI is InChI=1S/C26H33N5O2/c1-18-21(11-12-26(33)29-13-5-6-14-29)19(2)31-25(27-18)16-22(28-31)23-9-7-15-30(23)17-20-8-3-4-10-24(20)32/h3-4,8,10,16,23,32H,5-7,9,11-15,17H2,1-2H3/t23-/m0/s1. The van der Waals surface area contributed by atoms with Crippen LogP contribution in [0.15, 0.2) is 30.3 Å². The second-order valence-corrected chi connectivity index (χ2v) is 9.45. The normalized spacial score (nSPS) is 19.1. The van der Waals surface area contributed by atoms with E-state index in [1.54, 1.807) is 6.07 Å². The molecule has 33 heavy (non-hydrogen) atoms. The second kappa shape index (κ2) is 9.14. The molecule has 1 N–H and O–H groups in total. The van der Waals surface area contributed by atoms with Gasteiger partial charge in [-0.05, 0) is 64.1 Å². The van der Waals surface area contributed by atoms with Gasteiger partial charge in [0.25, 0.3) is 0 Å². The molecule has 0 spiro atoms. The fourth-order valence-electron chi connectivity index (χ4n) is 5.44. The van der Waals surface area contributed by atoms with Crippen LogP contribution in [-0.2, 0) is 17.8 Å². The SMILES string of the molecule is Cc1nc2cc([C@@H]3CCCN3Cc3ccccc3O)nn2c(C)c1CCC(=O)N1CCCC1. The molecule has 2 aliphatic heterocycles. The zero-order chi connectivity index (χ0) is 22.9. The van der Waals surface area contributed by atoms with Gasteiger partial charge in [-0.1, -0.05) is 18.2 Å². The van der Waals surface area contributed by atoms with Crippen molar-refractivity contribution in [1.82, 2.24) is 24.4 Å². The molecule has 7 nitrogen and oxygen atoms in total. The Labute approximate surface area is 195 Å². The van der Waals surface area contributed by atoms with Crippen LogP contribution in [0.4, 0.5) is 0 Å². The maximum absolute atomic E-state index is 12.6. The molecular formula is C26H33N5O2. The topological polar surface area (TPSA) is 74.0 Å². The highest BCUT2D eigenvalue weighted by molar-refractivity contribution is 5.76. The van der Waals surface area contributed by atoms with E-state index in [-0.39, 0.29) is 11.9 Å². The van der Waals surface area contributed by atoms with Gasteiger partial charge in [0, 0.05) is 49.1 Å². The quantitative estimate of drug-likeness (QED) is 0.620. The Kier molecular flexibility index (Phi) is 6.06. The van der Waals surface area contributed by atoms with Crippen molar-refractivity contribution in [3.8, 4) is 5.75 Å². The van der Waals surface area contributed by atoms with Crippen molar-refractivity contribution in [3.05, 3.63) is 58.5 Å². The number of benzene rings is 1. The lowest BCUT2D eigenvalue weighted by atomic mass is 10.1. The number of rotatable bonds is 6. The third-order valence-corrected chi connectivity index (χ3v) is 7.30. The molecule has 0 unspecified atom stereocenters. The number of phenolic OH excluding ortho intramolecular Hbond substituents is 1. The van der Waals surface area contributed by atoms with Gasteiger partial charge in [-0.15, -0.1) is 0 Å². The predicted octanol–water partition coefficient (Wildman–Crippen LogP) is 3.94. The number of hydrogen-bond donors (Lipinski definition) is 1. The van der Waals surface area contributed by atoms with Crippen molar-refractivity contribution in [2.45, 2.75) is 65.0 Å². The molecule has 7 heteroatoms. The highest BCUT2D eigenvalue weighted by Gasteiger charge is 2.29. The van der Waals surface area contributed by atoms with Gasteiger partial charge >= 0.3 is 0 Å². The third-order valence-electron chi connectivity index (χ3n) is 7.30. The van der Waals surface area contributed by atoms with E-state index in [4.69, 9.17) is 10.1 Å². The van der Waals surface area contributed by atoms with Gasteiger partial charge in [-0.2, -0.15) is 5.10 Å². The van der Waals surface area contributed by atoms with Crippen LogP contribution in [-0.4, -0.2) is 55.0 Å². The van der Waals surface area contributed by atoms with Gasteiger partial charge in [0.05, 0.1) is 11.7 Å². The first-order chi connectivity index (χ1) is 16.0. The van der Waals surface area contributed by atoms with E-state index < -0.39 is 0 Å². The summed E-state index contributed by atoms with van der Waals surface area (Å²) in [4.78, 5) is 21.8. The van der Waals surface area contributed by atoms with Crippen LogP contribution in [0.5, 0.6) is 5.75 Å². The van der Waals surface area contributed by atoms with Crippen molar-refractivity contribution in [2.75, 3.05) is 19.6 Å². The van der Waals surface area contributed by atoms with E-state index >= 15 is 0 Å².